The number of hydrogen-bond donors (Lipinski definition) is 0. The second-order valence-electron chi connectivity index (χ2n) is 7.25. The number of aliphatic imine (C=N–C) groups is 1. The first-order chi connectivity index (χ1) is 12.7. The van der Waals surface area contributed by atoms with E-state index in [-0.39, 0.29) is 12.0 Å². The van der Waals surface area contributed by atoms with Crippen LogP contribution in [0.5, 0.6) is 0 Å². The molecule has 3 aliphatic rings. The van der Waals surface area contributed by atoms with Gasteiger partial charge in [-0.25, -0.2) is 9.79 Å². The number of ether oxygens (including phenoxy) is 1. The molecule has 26 heavy (non-hydrogen) atoms. The van der Waals surface area contributed by atoms with Gasteiger partial charge in [-0.1, -0.05) is 34.1 Å². The van der Waals surface area contributed by atoms with Crippen LogP contribution in [-0.4, -0.2) is 30.0 Å². The first-order valence-corrected chi connectivity index (χ1v) is 9.89. The molecule has 5 heteroatoms. The molecule has 1 fully saturated rings. The molecule has 0 aliphatic carbocycles. The van der Waals surface area contributed by atoms with Crippen LogP contribution in [0.2, 0.25) is 0 Å². The minimum absolute atomic E-state index is 0.0756. The predicted octanol–water partition coefficient (Wildman–Crippen LogP) is 4.11. The number of halogens is 1. The maximum atomic E-state index is 13.1. The number of hydrogen-bond acceptors (Lipinski definition) is 4. The van der Waals surface area contributed by atoms with Crippen LogP contribution in [0.15, 0.2) is 58.0 Å². The van der Waals surface area contributed by atoms with E-state index in [9.17, 15) is 4.79 Å². The molecule has 0 radical (unpaired) electrons. The van der Waals surface area contributed by atoms with Crippen LogP contribution in [-0.2, 0) is 16.0 Å². The Morgan fingerprint density at radius 2 is 1.92 bits per heavy atom. The molecule has 2 atom stereocenters. The zero-order valence-electron chi connectivity index (χ0n) is 14.3. The number of carbonyl (C=O) groups is 1. The smallest absolute Gasteiger partial charge is 0.343 e. The van der Waals surface area contributed by atoms with E-state index < -0.39 is 5.54 Å². The molecule has 2 aromatic rings. The Kier molecular flexibility index (Phi) is 3.67. The fourth-order valence-electron chi connectivity index (χ4n) is 4.53. The molecule has 1 saturated heterocycles. The van der Waals surface area contributed by atoms with E-state index in [1.54, 1.807) is 0 Å². The van der Waals surface area contributed by atoms with Crippen LogP contribution in [0.1, 0.15) is 30.4 Å². The minimum Gasteiger partial charge on any atom is -0.405 e. The lowest BCUT2D eigenvalue weighted by Crippen LogP contribution is -2.61. The molecule has 0 amide bonds. The lowest BCUT2D eigenvalue weighted by atomic mass is 9.75. The molecular weight excluding hydrogens is 392 g/mol. The Bertz CT molecular complexity index is 908. The van der Waals surface area contributed by atoms with Crippen LogP contribution in [0.4, 0.5) is 5.69 Å². The maximum Gasteiger partial charge on any atom is 0.343 e. The number of para-hydroxylation sites is 1. The van der Waals surface area contributed by atoms with Crippen LogP contribution < -0.4 is 4.90 Å². The molecule has 132 valence electrons. The van der Waals surface area contributed by atoms with Gasteiger partial charge in [0.1, 0.15) is 0 Å². The van der Waals surface area contributed by atoms with E-state index in [0.29, 0.717) is 12.3 Å². The molecule has 0 N–H and O–H groups in total. The maximum absolute atomic E-state index is 13.1. The van der Waals surface area contributed by atoms with Crippen molar-refractivity contribution in [1.82, 2.24) is 0 Å². The number of cyclic esters (lactones) is 1. The normalized spacial score (nSPS) is 27.0. The summed E-state index contributed by atoms with van der Waals surface area (Å²) in [5.74, 6) is 0.245. The molecular formula is C21H19BrN2O2. The number of rotatable bonds is 1. The van der Waals surface area contributed by atoms with Gasteiger partial charge in [-0.2, -0.15) is 0 Å². The van der Waals surface area contributed by atoms with Crippen molar-refractivity contribution in [2.75, 3.05) is 11.4 Å². The summed E-state index contributed by atoms with van der Waals surface area (Å²) in [6.45, 7) is 0.972. The fraction of sp³-hybridized carbons (Fsp3) is 0.333. The predicted molar refractivity (Wildman–Crippen MR) is 105 cm³/mol. The van der Waals surface area contributed by atoms with Crippen molar-refractivity contribution in [3.63, 3.8) is 0 Å². The largest absolute Gasteiger partial charge is 0.405 e. The van der Waals surface area contributed by atoms with E-state index >= 15 is 0 Å². The summed E-state index contributed by atoms with van der Waals surface area (Å²) in [7, 11) is 0. The second kappa shape index (κ2) is 5.95. The van der Waals surface area contributed by atoms with Crippen molar-refractivity contribution in [3.8, 4) is 0 Å². The van der Waals surface area contributed by atoms with Crippen molar-refractivity contribution in [2.24, 2.45) is 4.99 Å². The van der Waals surface area contributed by atoms with Crippen LogP contribution in [0, 0.1) is 0 Å². The van der Waals surface area contributed by atoms with Gasteiger partial charge < -0.3 is 9.64 Å². The molecule has 0 aromatic heterocycles. The average Bonchev–Trinajstić information content (AvgIpc) is 2.99. The van der Waals surface area contributed by atoms with Crippen LogP contribution in [0.3, 0.4) is 0 Å². The van der Waals surface area contributed by atoms with Gasteiger partial charge in [0.25, 0.3) is 0 Å². The quantitative estimate of drug-likeness (QED) is 0.664. The molecule has 0 saturated carbocycles. The van der Waals surface area contributed by atoms with Crippen molar-refractivity contribution < 1.29 is 9.53 Å². The van der Waals surface area contributed by atoms with Gasteiger partial charge in [-0.3, -0.25) is 0 Å². The molecule has 3 heterocycles. The number of piperidine rings is 1. The van der Waals surface area contributed by atoms with E-state index in [1.165, 1.54) is 11.3 Å². The van der Waals surface area contributed by atoms with Crippen molar-refractivity contribution in [3.05, 3.63) is 64.1 Å². The minimum atomic E-state index is -0.822. The number of benzene rings is 2. The SMILES string of the molecule is O=C1OC(c2ccc(Br)cc2)=N[C@@]12Cc1ccccc1N1CCCC[C@@H]12. The van der Waals surface area contributed by atoms with Gasteiger partial charge in [0.2, 0.25) is 5.90 Å². The fourth-order valence-corrected chi connectivity index (χ4v) is 4.79. The van der Waals surface area contributed by atoms with Gasteiger partial charge in [-0.15, -0.1) is 0 Å². The third-order valence-electron chi connectivity index (χ3n) is 5.75. The molecule has 0 unspecified atom stereocenters. The summed E-state index contributed by atoms with van der Waals surface area (Å²) in [6, 6.07) is 16.2. The number of esters is 1. The summed E-state index contributed by atoms with van der Waals surface area (Å²) >= 11 is 3.45. The second-order valence-corrected chi connectivity index (χ2v) is 8.16. The van der Waals surface area contributed by atoms with Gasteiger partial charge in [0, 0.05) is 28.7 Å². The molecule has 0 bridgehead atoms. The number of fused-ring (bicyclic) bond motifs is 4. The average molecular weight is 411 g/mol. The molecule has 5 rings (SSSR count). The highest BCUT2D eigenvalue weighted by Crippen LogP contribution is 2.45. The first kappa shape index (κ1) is 16.1. The van der Waals surface area contributed by atoms with E-state index in [2.05, 4.69) is 39.0 Å². The third kappa shape index (κ3) is 2.33. The van der Waals surface area contributed by atoms with Gasteiger partial charge >= 0.3 is 5.97 Å². The zero-order chi connectivity index (χ0) is 17.7. The Labute approximate surface area is 161 Å². The van der Waals surface area contributed by atoms with Crippen LogP contribution >= 0.6 is 15.9 Å². The third-order valence-corrected chi connectivity index (χ3v) is 6.28. The molecule has 1 spiro atoms. The Hall–Kier alpha value is -2.14. The van der Waals surface area contributed by atoms with Crippen LogP contribution in [0.25, 0.3) is 0 Å². The standard InChI is InChI=1S/C21H19BrN2O2/c22-16-10-8-14(9-11-16)19-23-21(20(25)26-19)13-15-5-1-2-6-17(15)24-12-4-3-7-18(21)24/h1-2,5-6,8-11,18H,3-4,7,12-13H2/t18-,21-/m1/s1. The summed E-state index contributed by atoms with van der Waals surface area (Å²) < 4.78 is 6.71. The number of carbonyl (C=O) groups excluding carboxylic acids is 1. The summed E-state index contributed by atoms with van der Waals surface area (Å²) in [5.41, 5.74) is 2.46. The highest BCUT2D eigenvalue weighted by atomic mass is 79.9. The molecule has 3 aliphatic heterocycles. The summed E-state index contributed by atoms with van der Waals surface area (Å²) in [4.78, 5) is 20.4. The van der Waals surface area contributed by atoms with E-state index in [0.717, 1.165) is 35.8 Å². The monoisotopic (exact) mass is 410 g/mol. The molecule has 2 aromatic carbocycles. The summed E-state index contributed by atoms with van der Waals surface area (Å²) in [5, 5.41) is 0. The Balaban J connectivity index is 1.62. The highest BCUT2D eigenvalue weighted by molar-refractivity contribution is 9.10. The van der Waals surface area contributed by atoms with Crippen molar-refractivity contribution in [1.29, 1.82) is 0 Å². The van der Waals surface area contributed by atoms with E-state index in [1.807, 2.05) is 30.3 Å². The molecule has 4 nitrogen and oxygen atoms in total. The lowest BCUT2D eigenvalue weighted by molar-refractivity contribution is -0.140. The number of anilines is 1. The topological polar surface area (TPSA) is 41.9 Å². The highest BCUT2D eigenvalue weighted by Gasteiger charge is 2.57. The Morgan fingerprint density at radius 3 is 2.77 bits per heavy atom. The zero-order valence-corrected chi connectivity index (χ0v) is 15.9. The summed E-state index contributed by atoms with van der Waals surface area (Å²) in [6.07, 6.45) is 3.87. The van der Waals surface area contributed by atoms with Gasteiger partial charge in [0.15, 0.2) is 5.54 Å². The van der Waals surface area contributed by atoms with E-state index in [4.69, 9.17) is 9.73 Å². The van der Waals surface area contributed by atoms with Crippen molar-refractivity contribution in [2.45, 2.75) is 37.3 Å². The van der Waals surface area contributed by atoms with Gasteiger partial charge in [-0.05, 0) is 55.2 Å². The van der Waals surface area contributed by atoms with Gasteiger partial charge in [0.05, 0.1) is 6.04 Å². The van der Waals surface area contributed by atoms with Crippen molar-refractivity contribution >= 4 is 33.5 Å². The Morgan fingerprint density at radius 1 is 1.12 bits per heavy atom. The first-order valence-electron chi connectivity index (χ1n) is 9.10. The lowest BCUT2D eigenvalue weighted by Gasteiger charge is -2.48. The number of nitrogens with zero attached hydrogens (tertiary/aromatic N) is 2.